The van der Waals surface area contributed by atoms with Crippen LogP contribution in [0.15, 0.2) is 0 Å². The van der Waals surface area contributed by atoms with Crippen LogP contribution in [0.25, 0.3) is 0 Å². The van der Waals surface area contributed by atoms with E-state index in [-0.39, 0.29) is 0 Å². The predicted molar refractivity (Wildman–Crippen MR) is 59.0 cm³/mol. The summed E-state index contributed by atoms with van der Waals surface area (Å²) >= 11 is 0. The summed E-state index contributed by atoms with van der Waals surface area (Å²) in [6.07, 6.45) is -7.86. The Labute approximate surface area is 170 Å². The van der Waals surface area contributed by atoms with Crippen molar-refractivity contribution < 1.29 is 93.1 Å². The smallest absolute Gasteiger partial charge is 0.291 e. The quantitative estimate of drug-likeness (QED) is 0.283. The van der Waals surface area contributed by atoms with Crippen LogP contribution in [0.4, 0.5) is 83.6 Å². The highest BCUT2D eigenvalue weighted by Gasteiger charge is 3.20. The van der Waals surface area contributed by atoms with Crippen LogP contribution < -0.4 is 0 Å². The van der Waals surface area contributed by atoms with Crippen molar-refractivity contribution in [2.24, 2.45) is 0 Å². The van der Waals surface area contributed by atoms with E-state index in [1.165, 1.54) is 0 Å². The van der Waals surface area contributed by atoms with Crippen LogP contribution in [0.1, 0.15) is 0 Å². The molecule has 3 nitrogen and oxygen atoms in total. The summed E-state index contributed by atoms with van der Waals surface area (Å²) in [5.41, 5.74) is -31.6. The summed E-state index contributed by atoms with van der Waals surface area (Å²) in [6, 6.07) is -7.54. The van der Waals surface area contributed by atoms with E-state index in [4.69, 9.17) is 0 Å². The molecule has 4 saturated carbocycles. The summed E-state index contributed by atoms with van der Waals surface area (Å²) in [4.78, 5) is 11.6. The summed E-state index contributed by atoms with van der Waals surface area (Å²) in [6.45, 7) is 0. The van der Waals surface area contributed by atoms with Crippen molar-refractivity contribution in [3.05, 3.63) is 0 Å². The van der Waals surface area contributed by atoms with Crippen LogP contribution in [-0.2, 0) is 9.53 Å². The maximum Gasteiger partial charge on any atom is 0.447 e. The summed E-state index contributed by atoms with van der Waals surface area (Å²) < 4.78 is 265. The molecule has 0 aromatic heterocycles. The lowest BCUT2D eigenvalue weighted by molar-refractivity contribution is -0.583. The van der Waals surface area contributed by atoms with E-state index in [0.717, 1.165) is 0 Å². The minimum atomic E-state index is -8.31. The second kappa shape index (κ2) is 5.64. The molecule has 34 heavy (non-hydrogen) atoms. The van der Waals surface area contributed by atoms with Crippen LogP contribution in [-0.4, -0.2) is 75.5 Å². The molecule has 0 aromatic rings. The molecule has 0 radical (unpaired) electrons. The molecule has 4 bridgehead atoms. The van der Waals surface area contributed by atoms with Crippen molar-refractivity contribution in [2.75, 3.05) is 0 Å². The molecule has 0 aliphatic heterocycles. The molecule has 4 aliphatic rings. The van der Waals surface area contributed by atoms with Crippen LogP contribution in [0.2, 0.25) is 0 Å². The van der Waals surface area contributed by atoms with E-state index < -0.39 is 75.5 Å². The van der Waals surface area contributed by atoms with Crippen LogP contribution in [0, 0.1) is 0 Å². The minimum absolute atomic E-state index is 1.61. The number of hydrogen-bond donors (Lipinski definition) is 0. The fraction of sp³-hybridized carbons (Fsp3) is 0.917. The second-order valence-corrected chi connectivity index (χ2v) is 7.25. The first kappa shape index (κ1) is 26.9. The number of hydrogen-bond acceptors (Lipinski definition) is 3. The van der Waals surface area contributed by atoms with Crippen molar-refractivity contribution in [3.63, 3.8) is 0 Å². The maximum absolute atomic E-state index is 15.0. The number of carbonyl (C=O) groups is 1. The van der Waals surface area contributed by atoms with E-state index in [0.29, 0.717) is 0 Å². The third-order valence-electron chi connectivity index (χ3n) is 5.80. The number of nitrogens with zero attached hydrogens (tertiary/aromatic N) is 1. The number of carbonyl (C=O) groups excluding carboxylic acids is 1. The molecule has 5 unspecified atom stereocenters. The zero-order valence-corrected chi connectivity index (χ0v) is 14.4. The number of Topliss-reactive ketones (excluding diaryl/α,β-unsaturated/α-hetero) is 1. The van der Waals surface area contributed by atoms with Gasteiger partial charge in [-0.2, -0.15) is 52.7 Å². The molecule has 0 spiro atoms. The second-order valence-electron chi connectivity index (χ2n) is 7.25. The average molecular weight is 551 g/mol. The standard InChI is InChI=1S/C12F19NO2/c13-2-1(33)3(14)8(21,22)4(15,6(2,17)18)9(23,24)5(16,7(2,19)20)10(3,25)34-12(28,29)11(26,27)32(30)31. The predicted octanol–water partition coefficient (Wildman–Crippen LogP) is 4.91. The molecule has 22 heteroatoms. The highest BCUT2D eigenvalue weighted by Crippen LogP contribution is 2.85. The lowest BCUT2D eigenvalue weighted by atomic mass is 9.41. The first-order chi connectivity index (χ1) is 14.6. The number of rotatable bonds is 4. The van der Waals surface area contributed by atoms with Gasteiger partial charge in [0.2, 0.25) is 5.78 Å². The van der Waals surface area contributed by atoms with Crippen molar-refractivity contribution in [1.29, 1.82) is 0 Å². The molecule has 198 valence electrons. The zero-order chi connectivity index (χ0) is 27.4. The highest BCUT2D eigenvalue weighted by atomic mass is 19.4. The van der Waals surface area contributed by atoms with Crippen molar-refractivity contribution in [2.45, 2.75) is 64.4 Å². The van der Waals surface area contributed by atoms with E-state index in [1.54, 1.807) is 4.74 Å². The third-order valence-corrected chi connectivity index (χ3v) is 5.80. The molecule has 0 N–H and O–H groups in total. The Bertz CT molecular complexity index is 965. The first-order valence-electron chi connectivity index (χ1n) is 7.64. The summed E-state index contributed by atoms with van der Waals surface area (Å²) in [7, 11) is 0. The molecular formula is C12F19NO2. The van der Waals surface area contributed by atoms with Crippen LogP contribution >= 0.6 is 0 Å². The van der Waals surface area contributed by atoms with Gasteiger partial charge >= 0.3 is 64.4 Å². The summed E-state index contributed by atoms with van der Waals surface area (Å²) in [5, 5.41) is -4.07. The molecule has 0 amide bonds. The Kier molecular flexibility index (Phi) is 4.45. The van der Waals surface area contributed by atoms with Gasteiger partial charge in [0.05, 0.1) is 0 Å². The van der Waals surface area contributed by atoms with Crippen LogP contribution in [0.5, 0.6) is 0 Å². The van der Waals surface area contributed by atoms with E-state index in [9.17, 15) is 88.4 Å². The molecule has 5 atom stereocenters. The van der Waals surface area contributed by atoms with Crippen LogP contribution in [0.3, 0.4) is 0 Å². The van der Waals surface area contributed by atoms with Crippen molar-refractivity contribution in [3.8, 4) is 0 Å². The number of ether oxygens (including phenoxy) is 1. The van der Waals surface area contributed by atoms with Gasteiger partial charge in [-0.25, -0.2) is 22.0 Å². The van der Waals surface area contributed by atoms with E-state index in [1.807, 2.05) is 0 Å². The SMILES string of the molecule is O=C1C2(F)C(F)(F)C3(F)C(F)(F)C1(F)C(F)(OC(F)(F)C(F)(F)N(F)F)C(F)(C2(F)F)C3(F)F. The van der Waals surface area contributed by atoms with Gasteiger partial charge in [-0.15, -0.1) is 0 Å². The largest absolute Gasteiger partial charge is 0.447 e. The Balaban J connectivity index is 2.54. The Morgan fingerprint density at radius 2 is 0.941 bits per heavy atom. The fourth-order valence-corrected chi connectivity index (χ4v) is 4.07. The van der Waals surface area contributed by atoms with Gasteiger partial charge in [0.1, 0.15) is 5.34 Å². The van der Waals surface area contributed by atoms with Gasteiger partial charge in [0, 0.05) is 0 Å². The molecule has 0 heterocycles. The minimum Gasteiger partial charge on any atom is -0.291 e. The van der Waals surface area contributed by atoms with Gasteiger partial charge in [0.25, 0.3) is 0 Å². The van der Waals surface area contributed by atoms with E-state index >= 15 is 0 Å². The maximum atomic E-state index is 15.0. The Morgan fingerprint density at radius 1 is 0.588 bits per heavy atom. The van der Waals surface area contributed by atoms with E-state index in [2.05, 4.69) is 0 Å². The molecule has 4 rings (SSSR count). The molecule has 0 aromatic carbocycles. The lowest BCUT2D eigenvalue weighted by Gasteiger charge is -2.71. The number of ketones is 1. The van der Waals surface area contributed by atoms with Crippen molar-refractivity contribution in [1.82, 2.24) is 5.34 Å². The molecule has 4 aliphatic carbocycles. The topological polar surface area (TPSA) is 29.5 Å². The highest BCUT2D eigenvalue weighted by molar-refractivity contribution is 6.04. The normalized spacial score (nSPS) is 46.3. The Hall–Kier alpha value is -1.74. The molecule has 4 fully saturated rings. The van der Waals surface area contributed by atoms with Gasteiger partial charge in [-0.05, 0) is 0 Å². The summed E-state index contributed by atoms with van der Waals surface area (Å²) in [5.74, 6) is -45.6. The van der Waals surface area contributed by atoms with Gasteiger partial charge < -0.3 is 0 Å². The molecular weight excluding hydrogens is 551 g/mol. The monoisotopic (exact) mass is 551 g/mol. The van der Waals surface area contributed by atoms with Gasteiger partial charge in [0.15, 0.2) is 0 Å². The zero-order valence-electron chi connectivity index (χ0n) is 14.4. The Morgan fingerprint density at radius 3 is 1.32 bits per heavy atom. The van der Waals surface area contributed by atoms with Gasteiger partial charge in [-0.3, -0.25) is 9.53 Å². The lowest BCUT2D eigenvalue weighted by Crippen LogP contribution is -3.07. The first-order valence-corrected chi connectivity index (χ1v) is 7.64. The van der Waals surface area contributed by atoms with Crippen molar-refractivity contribution >= 4 is 5.78 Å². The fourth-order valence-electron chi connectivity index (χ4n) is 4.07. The third kappa shape index (κ3) is 1.76. The molecule has 0 saturated heterocycles. The number of halogens is 19. The number of alkyl halides is 17. The van der Waals surface area contributed by atoms with Gasteiger partial charge in [-0.1, -0.05) is 8.96 Å². The average Bonchev–Trinajstić information content (AvgIpc) is 2.66.